The number of hydrogen-bond acceptors (Lipinski definition) is 2. The highest BCUT2D eigenvalue weighted by Gasteiger charge is 2.29. The molecule has 1 aliphatic rings. The topological polar surface area (TPSA) is 32.8 Å². The Kier molecular flexibility index (Phi) is 3.42. The summed E-state index contributed by atoms with van der Waals surface area (Å²) in [5.41, 5.74) is 3.25. The van der Waals surface area contributed by atoms with Crippen LogP contribution in [0, 0.1) is 0 Å². The van der Waals surface area contributed by atoms with Gasteiger partial charge in [-0.15, -0.1) is 0 Å². The Hall–Kier alpha value is -1.02. The molecule has 2 nitrogen and oxygen atoms in total. The van der Waals surface area contributed by atoms with Crippen LogP contribution >= 0.6 is 0 Å². The van der Waals surface area contributed by atoms with E-state index in [0.29, 0.717) is 11.9 Å². The van der Waals surface area contributed by atoms with Crippen molar-refractivity contribution in [3.05, 3.63) is 28.8 Å². The minimum Gasteiger partial charge on any atom is -0.507 e. The molecule has 1 aromatic rings. The first kappa shape index (κ1) is 14.4. The van der Waals surface area contributed by atoms with Crippen molar-refractivity contribution in [1.82, 2.24) is 0 Å². The van der Waals surface area contributed by atoms with Crippen molar-refractivity contribution < 1.29 is 9.84 Å². The molecule has 1 heterocycles. The van der Waals surface area contributed by atoms with E-state index in [1.165, 1.54) is 5.56 Å². The predicted molar refractivity (Wildman–Crippen MR) is 79.0 cm³/mol. The summed E-state index contributed by atoms with van der Waals surface area (Å²) < 4.78 is 5.33. The van der Waals surface area contributed by atoms with Crippen molar-refractivity contribution in [2.75, 3.05) is 6.61 Å². The lowest BCUT2D eigenvalue weighted by Crippen LogP contribution is -2.18. The van der Waals surface area contributed by atoms with Crippen LogP contribution in [0.2, 0.25) is 0 Å². The van der Waals surface area contributed by atoms with E-state index in [0.717, 1.165) is 24.2 Å². The Labute approximate surface area is 116 Å². The van der Waals surface area contributed by atoms with E-state index in [1.807, 2.05) is 0 Å². The van der Waals surface area contributed by atoms with Crippen LogP contribution in [-0.4, -0.2) is 17.8 Å². The number of phenolic OH excluding ortho intramolecular Hbond substituents is 1. The first-order chi connectivity index (χ1) is 8.59. The Morgan fingerprint density at radius 3 is 1.79 bits per heavy atom. The molecule has 0 radical (unpaired) electrons. The summed E-state index contributed by atoms with van der Waals surface area (Å²) in [4.78, 5) is 0. The second-order valence-corrected chi connectivity index (χ2v) is 7.70. The summed E-state index contributed by atoms with van der Waals surface area (Å²) in [6, 6.07) is 4.29. The molecular formula is C17H26O2. The third kappa shape index (κ3) is 3.30. The van der Waals surface area contributed by atoms with Crippen molar-refractivity contribution in [3.63, 3.8) is 0 Å². The van der Waals surface area contributed by atoms with E-state index in [9.17, 15) is 5.11 Å². The Morgan fingerprint density at radius 2 is 1.47 bits per heavy atom. The average Bonchev–Trinajstić information content (AvgIpc) is 3.00. The van der Waals surface area contributed by atoms with E-state index in [1.54, 1.807) is 0 Å². The molecule has 2 rings (SSSR count). The molecule has 1 aromatic carbocycles. The van der Waals surface area contributed by atoms with Gasteiger partial charge in [0.05, 0.1) is 12.7 Å². The van der Waals surface area contributed by atoms with Crippen molar-refractivity contribution in [2.24, 2.45) is 0 Å². The second kappa shape index (κ2) is 4.52. The molecule has 0 spiro atoms. The number of aromatic hydroxyl groups is 1. The van der Waals surface area contributed by atoms with E-state index < -0.39 is 0 Å². The zero-order valence-electron chi connectivity index (χ0n) is 13.0. The van der Waals surface area contributed by atoms with Crippen LogP contribution < -0.4 is 0 Å². The van der Waals surface area contributed by atoms with Gasteiger partial charge in [-0.05, 0) is 27.5 Å². The van der Waals surface area contributed by atoms with Crippen molar-refractivity contribution >= 4 is 0 Å². The number of phenols is 1. The van der Waals surface area contributed by atoms with E-state index in [4.69, 9.17) is 4.74 Å². The SMILES string of the molecule is CC(C)(C)c1cc(CC2CO2)cc(C(C)(C)C)c1O. The summed E-state index contributed by atoms with van der Waals surface area (Å²) in [5, 5.41) is 10.6. The summed E-state index contributed by atoms with van der Waals surface area (Å²) in [6.45, 7) is 13.7. The molecule has 1 unspecified atom stereocenters. The predicted octanol–water partition coefficient (Wildman–Crippen LogP) is 3.93. The van der Waals surface area contributed by atoms with Gasteiger partial charge in [-0.1, -0.05) is 53.7 Å². The minimum absolute atomic E-state index is 0.0511. The van der Waals surface area contributed by atoms with E-state index in [-0.39, 0.29) is 10.8 Å². The monoisotopic (exact) mass is 262 g/mol. The van der Waals surface area contributed by atoms with Crippen molar-refractivity contribution in [1.29, 1.82) is 0 Å². The molecule has 0 amide bonds. The first-order valence-electron chi connectivity index (χ1n) is 7.07. The summed E-state index contributed by atoms with van der Waals surface area (Å²) in [7, 11) is 0. The van der Waals surface area contributed by atoms with Gasteiger partial charge in [0.15, 0.2) is 0 Å². The fourth-order valence-corrected chi connectivity index (χ4v) is 2.40. The van der Waals surface area contributed by atoms with Crippen molar-refractivity contribution in [3.8, 4) is 5.75 Å². The Balaban J connectivity index is 2.52. The molecule has 1 N–H and O–H groups in total. The minimum atomic E-state index is -0.0511. The van der Waals surface area contributed by atoms with Gasteiger partial charge >= 0.3 is 0 Å². The highest BCUT2D eigenvalue weighted by Crippen LogP contribution is 2.40. The standard InChI is InChI=1S/C17H26O2/c1-16(2,3)13-8-11(7-12-10-19-12)9-14(15(13)18)17(4,5)6/h8-9,12,18H,7,10H2,1-6H3. The molecular weight excluding hydrogens is 236 g/mol. The van der Waals surface area contributed by atoms with Crippen LogP contribution in [0.5, 0.6) is 5.75 Å². The fourth-order valence-electron chi connectivity index (χ4n) is 2.40. The smallest absolute Gasteiger partial charge is 0.123 e. The van der Waals surface area contributed by atoms with Gasteiger partial charge in [-0.2, -0.15) is 0 Å². The lowest BCUT2D eigenvalue weighted by molar-refractivity contribution is 0.404. The zero-order valence-corrected chi connectivity index (χ0v) is 13.0. The van der Waals surface area contributed by atoms with Crippen molar-refractivity contribution in [2.45, 2.75) is 64.9 Å². The quantitative estimate of drug-likeness (QED) is 0.819. The summed E-state index contributed by atoms with van der Waals surface area (Å²) in [6.07, 6.45) is 1.33. The van der Waals surface area contributed by atoms with Gasteiger partial charge in [0.2, 0.25) is 0 Å². The van der Waals surface area contributed by atoms with Gasteiger partial charge in [0.25, 0.3) is 0 Å². The lowest BCUT2D eigenvalue weighted by Gasteiger charge is -2.28. The number of rotatable bonds is 2. The largest absolute Gasteiger partial charge is 0.507 e. The highest BCUT2D eigenvalue weighted by molar-refractivity contribution is 5.50. The second-order valence-electron chi connectivity index (χ2n) is 7.70. The molecule has 0 bridgehead atoms. The number of hydrogen-bond donors (Lipinski definition) is 1. The Morgan fingerprint density at radius 1 is 1.05 bits per heavy atom. The van der Waals surface area contributed by atoms with Gasteiger partial charge in [0, 0.05) is 6.42 Å². The molecule has 1 atom stereocenters. The molecule has 0 saturated carbocycles. The molecule has 1 aliphatic heterocycles. The average molecular weight is 262 g/mol. The van der Waals surface area contributed by atoms with E-state index >= 15 is 0 Å². The van der Waals surface area contributed by atoms with Gasteiger partial charge in [-0.3, -0.25) is 0 Å². The van der Waals surface area contributed by atoms with Crippen LogP contribution in [0.15, 0.2) is 12.1 Å². The van der Waals surface area contributed by atoms with Crippen LogP contribution in [0.1, 0.15) is 58.2 Å². The third-order valence-corrected chi connectivity index (χ3v) is 3.65. The van der Waals surface area contributed by atoms with Gasteiger partial charge in [0.1, 0.15) is 5.75 Å². The van der Waals surface area contributed by atoms with Gasteiger partial charge in [-0.25, -0.2) is 0 Å². The van der Waals surface area contributed by atoms with Gasteiger partial charge < -0.3 is 9.84 Å². The highest BCUT2D eigenvalue weighted by atomic mass is 16.6. The molecule has 1 fully saturated rings. The van der Waals surface area contributed by atoms with Crippen LogP contribution in [0.25, 0.3) is 0 Å². The van der Waals surface area contributed by atoms with Crippen LogP contribution in [0.3, 0.4) is 0 Å². The molecule has 2 heteroatoms. The number of epoxide rings is 1. The molecule has 19 heavy (non-hydrogen) atoms. The normalized spacial score (nSPS) is 19.6. The van der Waals surface area contributed by atoms with Crippen LogP contribution in [0.4, 0.5) is 0 Å². The zero-order chi connectivity index (χ0) is 14.4. The first-order valence-corrected chi connectivity index (χ1v) is 7.07. The molecule has 1 saturated heterocycles. The van der Waals surface area contributed by atoms with Crippen LogP contribution in [-0.2, 0) is 22.0 Å². The van der Waals surface area contributed by atoms with E-state index in [2.05, 4.69) is 53.7 Å². The number of ether oxygens (including phenoxy) is 1. The molecule has 0 aromatic heterocycles. The molecule has 0 aliphatic carbocycles. The maximum absolute atomic E-state index is 10.6. The third-order valence-electron chi connectivity index (χ3n) is 3.65. The molecule has 106 valence electrons. The maximum atomic E-state index is 10.6. The lowest BCUT2D eigenvalue weighted by atomic mass is 9.78. The number of benzene rings is 1. The maximum Gasteiger partial charge on any atom is 0.123 e. The fraction of sp³-hybridized carbons (Fsp3) is 0.647. The summed E-state index contributed by atoms with van der Waals surface area (Å²) in [5.74, 6) is 0.459. The summed E-state index contributed by atoms with van der Waals surface area (Å²) >= 11 is 0. The Bertz CT molecular complexity index is 436.